The molecule has 0 heterocycles. The number of nitrogens with zero attached hydrogens (tertiary/aromatic N) is 2. The third-order valence-electron chi connectivity index (χ3n) is 8.02. The molecular formula is C26H32N2O3S. The molecule has 4 bridgehead atoms. The summed E-state index contributed by atoms with van der Waals surface area (Å²) in [6.45, 7) is 2.77. The number of anilines is 1. The number of sulfonamides is 1. The molecule has 0 saturated heterocycles. The van der Waals surface area contributed by atoms with E-state index in [2.05, 4.69) is 11.8 Å². The lowest BCUT2D eigenvalue weighted by Gasteiger charge is -2.60. The van der Waals surface area contributed by atoms with Crippen LogP contribution in [0.4, 0.5) is 5.69 Å². The van der Waals surface area contributed by atoms with Gasteiger partial charge in [-0.05, 0) is 99.6 Å². The number of hydrogen-bond donors (Lipinski definition) is 0. The van der Waals surface area contributed by atoms with Crippen molar-refractivity contribution in [3.8, 4) is 0 Å². The number of rotatable bonds is 6. The van der Waals surface area contributed by atoms with Gasteiger partial charge in [0.05, 0.1) is 10.6 Å². The van der Waals surface area contributed by atoms with Crippen LogP contribution in [0, 0.1) is 17.8 Å². The molecule has 4 aliphatic rings. The molecule has 0 atom stereocenters. The van der Waals surface area contributed by atoms with E-state index in [9.17, 15) is 13.2 Å². The molecule has 2 aromatic rings. The summed E-state index contributed by atoms with van der Waals surface area (Å²) in [5, 5.41) is 0. The van der Waals surface area contributed by atoms with E-state index in [4.69, 9.17) is 0 Å². The Bertz CT molecular complexity index is 1060. The summed E-state index contributed by atoms with van der Waals surface area (Å²) in [5.74, 6) is 2.34. The average molecular weight is 453 g/mol. The van der Waals surface area contributed by atoms with E-state index in [0.717, 1.165) is 37.0 Å². The quantitative estimate of drug-likeness (QED) is 0.624. The van der Waals surface area contributed by atoms with Crippen molar-refractivity contribution in [1.82, 2.24) is 4.90 Å². The first-order valence-electron chi connectivity index (χ1n) is 11.8. The van der Waals surface area contributed by atoms with Gasteiger partial charge >= 0.3 is 0 Å². The first-order valence-corrected chi connectivity index (χ1v) is 13.2. The molecule has 170 valence electrons. The molecule has 0 N–H and O–H groups in total. The lowest BCUT2D eigenvalue weighted by atomic mass is 9.52. The lowest BCUT2D eigenvalue weighted by Crippen LogP contribution is -2.61. The van der Waals surface area contributed by atoms with E-state index < -0.39 is 10.0 Å². The highest BCUT2D eigenvalue weighted by Gasteiger charge is 2.54. The minimum atomic E-state index is -3.69. The fourth-order valence-corrected chi connectivity index (χ4v) is 8.15. The van der Waals surface area contributed by atoms with Crippen molar-refractivity contribution >= 4 is 21.6 Å². The predicted octanol–water partition coefficient (Wildman–Crippen LogP) is 4.94. The minimum Gasteiger partial charge on any atom is -0.333 e. The van der Waals surface area contributed by atoms with Gasteiger partial charge in [-0.3, -0.25) is 9.10 Å². The van der Waals surface area contributed by atoms with Gasteiger partial charge in [-0.25, -0.2) is 8.42 Å². The summed E-state index contributed by atoms with van der Waals surface area (Å²) in [7, 11) is -2.14. The molecule has 6 rings (SSSR count). The van der Waals surface area contributed by atoms with Crippen LogP contribution < -0.4 is 4.31 Å². The minimum absolute atomic E-state index is 0.00113. The van der Waals surface area contributed by atoms with Gasteiger partial charge in [-0.2, -0.15) is 0 Å². The number of carbonyl (C=O) groups is 1. The van der Waals surface area contributed by atoms with Crippen LogP contribution in [0.3, 0.4) is 0 Å². The highest BCUT2D eigenvalue weighted by Crippen LogP contribution is 2.58. The van der Waals surface area contributed by atoms with Crippen LogP contribution in [0.25, 0.3) is 0 Å². The molecule has 0 unspecified atom stereocenters. The zero-order valence-electron chi connectivity index (χ0n) is 18.9. The second kappa shape index (κ2) is 7.91. The van der Waals surface area contributed by atoms with E-state index in [1.54, 1.807) is 43.4 Å². The third-order valence-corrected chi connectivity index (χ3v) is 9.82. The van der Waals surface area contributed by atoms with Crippen molar-refractivity contribution < 1.29 is 13.2 Å². The summed E-state index contributed by atoms with van der Waals surface area (Å²) < 4.78 is 27.4. The Hall–Kier alpha value is -2.34. The monoisotopic (exact) mass is 452 g/mol. The normalized spacial score (nSPS) is 28.5. The van der Waals surface area contributed by atoms with Crippen molar-refractivity contribution in [3.63, 3.8) is 0 Å². The molecule has 0 aromatic heterocycles. The van der Waals surface area contributed by atoms with Crippen LogP contribution in [-0.4, -0.2) is 38.4 Å². The lowest BCUT2D eigenvalue weighted by molar-refractivity contribution is -0.0731. The van der Waals surface area contributed by atoms with Gasteiger partial charge in [0, 0.05) is 24.7 Å². The molecule has 0 spiro atoms. The van der Waals surface area contributed by atoms with Gasteiger partial charge in [-0.1, -0.05) is 18.2 Å². The van der Waals surface area contributed by atoms with Crippen molar-refractivity contribution in [2.45, 2.75) is 55.9 Å². The van der Waals surface area contributed by atoms with Gasteiger partial charge in [0.15, 0.2) is 0 Å². The van der Waals surface area contributed by atoms with Crippen molar-refractivity contribution in [1.29, 1.82) is 0 Å². The fourth-order valence-electron chi connectivity index (χ4n) is 6.95. The van der Waals surface area contributed by atoms with Gasteiger partial charge in [0.1, 0.15) is 0 Å². The second-order valence-corrected chi connectivity index (χ2v) is 12.0. The van der Waals surface area contributed by atoms with E-state index in [1.807, 2.05) is 18.2 Å². The first-order chi connectivity index (χ1) is 15.3. The molecular weight excluding hydrogens is 420 g/mol. The fraction of sp³-hybridized carbons (Fsp3) is 0.500. The Morgan fingerprint density at radius 2 is 1.44 bits per heavy atom. The molecule has 4 fully saturated rings. The molecule has 0 aliphatic heterocycles. The van der Waals surface area contributed by atoms with E-state index in [0.29, 0.717) is 17.8 Å². The molecule has 4 aliphatic carbocycles. The first kappa shape index (κ1) is 21.5. The van der Waals surface area contributed by atoms with Gasteiger partial charge in [0.25, 0.3) is 15.9 Å². The number of para-hydroxylation sites is 1. The number of amides is 1. The van der Waals surface area contributed by atoms with Gasteiger partial charge in [0.2, 0.25) is 0 Å². The molecule has 2 aromatic carbocycles. The number of benzene rings is 2. The zero-order chi connectivity index (χ0) is 22.5. The van der Waals surface area contributed by atoms with Crippen LogP contribution in [0.1, 0.15) is 55.8 Å². The smallest absolute Gasteiger partial charge is 0.264 e. The topological polar surface area (TPSA) is 57.7 Å². The van der Waals surface area contributed by atoms with E-state index in [1.165, 1.54) is 23.6 Å². The van der Waals surface area contributed by atoms with E-state index in [-0.39, 0.29) is 16.3 Å². The predicted molar refractivity (Wildman–Crippen MR) is 126 cm³/mol. The van der Waals surface area contributed by atoms with Crippen LogP contribution >= 0.6 is 0 Å². The second-order valence-electron chi connectivity index (χ2n) is 10.0. The third kappa shape index (κ3) is 3.53. The van der Waals surface area contributed by atoms with E-state index >= 15 is 0 Å². The summed E-state index contributed by atoms with van der Waals surface area (Å²) >= 11 is 0. The van der Waals surface area contributed by atoms with Gasteiger partial charge < -0.3 is 4.90 Å². The maximum absolute atomic E-state index is 13.6. The Morgan fingerprint density at radius 1 is 0.906 bits per heavy atom. The summed E-state index contributed by atoms with van der Waals surface area (Å²) in [6, 6.07) is 15.5. The largest absolute Gasteiger partial charge is 0.333 e. The SMILES string of the molecule is CCN(C(=O)c1ccc(S(=O)(=O)N(C)c2ccccc2)cc1)C12CC3CC(CC(C3)C1)C2. The summed E-state index contributed by atoms with van der Waals surface area (Å²) in [5.41, 5.74) is 1.18. The molecule has 5 nitrogen and oxygen atoms in total. The Kier molecular flexibility index (Phi) is 5.31. The molecule has 6 heteroatoms. The average Bonchev–Trinajstić information content (AvgIpc) is 2.78. The molecule has 1 amide bonds. The number of hydrogen-bond acceptors (Lipinski definition) is 3. The Morgan fingerprint density at radius 3 is 1.94 bits per heavy atom. The number of carbonyl (C=O) groups excluding carboxylic acids is 1. The van der Waals surface area contributed by atoms with Gasteiger partial charge in [-0.15, -0.1) is 0 Å². The van der Waals surface area contributed by atoms with Crippen LogP contribution in [-0.2, 0) is 10.0 Å². The molecule has 32 heavy (non-hydrogen) atoms. The Labute approximate surface area is 191 Å². The standard InChI is InChI=1S/C26H32N2O3S/c1-3-28(26-16-19-13-20(17-26)15-21(14-19)18-26)25(29)22-9-11-24(12-10-22)32(30,31)27(2)23-7-5-4-6-8-23/h4-12,19-21H,3,13-18H2,1-2H3. The molecule has 4 saturated carbocycles. The van der Waals surface area contributed by atoms with Crippen molar-refractivity contribution in [2.75, 3.05) is 17.9 Å². The summed E-state index contributed by atoms with van der Waals surface area (Å²) in [4.78, 5) is 15.9. The highest BCUT2D eigenvalue weighted by atomic mass is 32.2. The maximum Gasteiger partial charge on any atom is 0.264 e. The Balaban J connectivity index is 1.38. The maximum atomic E-state index is 13.6. The van der Waals surface area contributed by atoms with Crippen LogP contribution in [0.5, 0.6) is 0 Å². The summed E-state index contributed by atoms with van der Waals surface area (Å²) in [6.07, 6.45) is 7.41. The molecule has 0 radical (unpaired) electrons. The van der Waals surface area contributed by atoms with Crippen LogP contribution in [0.2, 0.25) is 0 Å². The zero-order valence-corrected chi connectivity index (χ0v) is 19.7. The van der Waals surface area contributed by atoms with Crippen molar-refractivity contribution in [2.24, 2.45) is 17.8 Å². The highest BCUT2D eigenvalue weighted by molar-refractivity contribution is 7.92. The van der Waals surface area contributed by atoms with Crippen molar-refractivity contribution in [3.05, 3.63) is 60.2 Å². The van der Waals surface area contributed by atoms with Crippen LogP contribution in [0.15, 0.2) is 59.5 Å².